The fourth-order valence-electron chi connectivity index (χ4n) is 3.43. The van der Waals surface area contributed by atoms with Crippen molar-refractivity contribution in [3.63, 3.8) is 0 Å². The molecule has 1 atom stereocenters. The number of methoxy groups -OCH3 is 1. The van der Waals surface area contributed by atoms with Crippen LogP contribution in [0.5, 0.6) is 5.75 Å². The number of amides is 1. The van der Waals surface area contributed by atoms with Crippen LogP contribution in [0.3, 0.4) is 0 Å². The Bertz CT molecular complexity index is 1110. The normalized spacial score (nSPS) is 18.7. The quantitative estimate of drug-likeness (QED) is 0.529. The van der Waals surface area contributed by atoms with Gasteiger partial charge >= 0.3 is 0 Å². The largest absolute Gasteiger partial charge is 0.497 e. The Morgan fingerprint density at radius 1 is 1.10 bits per heavy atom. The van der Waals surface area contributed by atoms with Crippen LogP contribution in [0.25, 0.3) is 11.3 Å². The van der Waals surface area contributed by atoms with Crippen molar-refractivity contribution < 1.29 is 13.9 Å². The van der Waals surface area contributed by atoms with E-state index >= 15 is 0 Å². The molecule has 1 unspecified atom stereocenters. The van der Waals surface area contributed by atoms with Crippen LogP contribution in [0.1, 0.15) is 11.1 Å². The summed E-state index contributed by atoms with van der Waals surface area (Å²) in [6.45, 7) is 0. The molecule has 0 bridgehead atoms. The van der Waals surface area contributed by atoms with Crippen molar-refractivity contribution in [1.82, 2.24) is 20.2 Å². The molecule has 1 fully saturated rings. The van der Waals surface area contributed by atoms with Crippen molar-refractivity contribution in [3.8, 4) is 17.0 Å². The van der Waals surface area contributed by atoms with E-state index in [1.807, 2.05) is 0 Å². The summed E-state index contributed by atoms with van der Waals surface area (Å²) in [4.78, 5) is 22.7. The van der Waals surface area contributed by atoms with E-state index in [4.69, 9.17) is 17.0 Å². The average molecular weight is 408 g/mol. The van der Waals surface area contributed by atoms with Gasteiger partial charge in [0.05, 0.1) is 18.4 Å². The molecular weight excluding hydrogens is 391 g/mol. The first-order chi connectivity index (χ1) is 14.0. The van der Waals surface area contributed by atoms with Crippen molar-refractivity contribution in [1.29, 1.82) is 0 Å². The van der Waals surface area contributed by atoms with E-state index in [2.05, 4.69) is 15.3 Å². The molecule has 0 spiro atoms. The fourth-order valence-corrected chi connectivity index (χ4v) is 3.66. The van der Waals surface area contributed by atoms with Crippen LogP contribution in [-0.2, 0) is 10.3 Å². The lowest BCUT2D eigenvalue weighted by atomic mass is 9.82. The van der Waals surface area contributed by atoms with Gasteiger partial charge in [-0.2, -0.15) is 4.39 Å². The lowest BCUT2D eigenvalue weighted by Crippen LogP contribution is -2.45. The Morgan fingerprint density at radius 2 is 1.86 bits per heavy atom. The number of hydrogen-bond acceptors (Lipinski definition) is 5. The minimum atomic E-state index is -1.26. The molecule has 1 aliphatic rings. The summed E-state index contributed by atoms with van der Waals surface area (Å²) < 4.78 is 19.4. The van der Waals surface area contributed by atoms with E-state index in [1.165, 1.54) is 11.1 Å². The Balaban J connectivity index is 1.91. The van der Waals surface area contributed by atoms with Gasteiger partial charge in [0.25, 0.3) is 5.91 Å². The van der Waals surface area contributed by atoms with Gasteiger partial charge in [0.2, 0.25) is 5.95 Å². The van der Waals surface area contributed by atoms with Gasteiger partial charge in [0, 0.05) is 19.4 Å². The fraction of sp³-hybridized carbons (Fsp3) is 0.143. The first kappa shape index (κ1) is 18.9. The minimum absolute atomic E-state index is 0.239. The topological polar surface area (TPSA) is 67.4 Å². The molecule has 6 nitrogen and oxygen atoms in total. The van der Waals surface area contributed by atoms with E-state index < -0.39 is 11.5 Å². The van der Waals surface area contributed by atoms with Crippen LogP contribution in [0, 0.1) is 5.95 Å². The highest BCUT2D eigenvalue weighted by Crippen LogP contribution is 2.37. The van der Waals surface area contributed by atoms with Gasteiger partial charge in [-0.05, 0) is 59.7 Å². The number of rotatable bonds is 4. The summed E-state index contributed by atoms with van der Waals surface area (Å²) in [6, 6.07) is 13.8. The smallest absolute Gasteiger partial charge is 0.263 e. The third kappa shape index (κ3) is 3.01. The van der Waals surface area contributed by atoms with E-state index in [1.54, 1.807) is 68.9 Å². The lowest BCUT2D eigenvalue weighted by molar-refractivity contribution is -0.129. The number of hydrogen-bond donors (Lipinski definition) is 1. The second kappa shape index (κ2) is 7.21. The average Bonchev–Trinajstić information content (AvgIpc) is 2.99. The van der Waals surface area contributed by atoms with Crippen molar-refractivity contribution in [2.45, 2.75) is 5.54 Å². The van der Waals surface area contributed by atoms with Crippen LogP contribution < -0.4 is 10.1 Å². The Labute approximate surface area is 172 Å². The van der Waals surface area contributed by atoms with Gasteiger partial charge in [-0.15, -0.1) is 0 Å². The first-order valence-electron chi connectivity index (χ1n) is 8.79. The predicted octanol–water partition coefficient (Wildman–Crippen LogP) is 2.88. The minimum Gasteiger partial charge on any atom is -0.497 e. The highest BCUT2D eigenvalue weighted by Gasteiger charge is 2.51. The molecular formula is C21H17FN4O2S. The van der Waals surface area contributed by atoms with E-state index in [0.29, 0.717) is 27.7 Å². The van der Waals surface area contributed by atoms with Crippen LogP contribution in [0.2, 0.25) is 0 Å². The summed E-state index contributed by atoms with van der Waals surface area (Å²) in [6.07, 6.45) is 2.91. The highest BCUT2D eigenvalue weighted by molar-refractivity contribution is 7.80. The maximum atomic E-state index is 14.2. The van der Waals surface area contributed by atoms with Gasteiger partial charge < -0.3 is 10.1 Å². The molecule has 8 heteroatoms. The lowest BCUT2D eigenvalue weighted by Gasteiger charge is -2.28. The zero-order valence-corrected chi connectivity index (χ0v) is 16.5. The van der Waals surface area contributed by atoms with Crippen molar-refractivity contribution >= 4 is 23.2 Å². The van der Waals surface area contributed by atoms with Crippen LogP contribution in [0.15, 0.2) is 60.9 Å². The monoisotopic (exact) mass is 408 g/mol. The standard InChI is InChI=1S/C21H17FN4O2S/c1-26-19(27)21(25-20(26)29,13-5-7-15(28-2)8-6-13)14-9-11-23-17(12-14)16-4-3-10-24-18(16)22/h3-12H,1-2H3,(H,25,29). The molecule has 3 heterocycles. The zero-order valence-electron chi connectivity index (χ0n) is 15.7. The second-order valence-corrected chi connectivity index (χ2v) is 6.93. The van der Waals surface area contributed by atoms with Crippen LogP contribution in [-0.4, -0.2) is 40.0 Å². The van der Waals surface area contributed by atoms with E-state index in [-0.39, 0.29) is 11.5 Å². The Kier molecular flexibility index (Phi) is 4.71. The molecule has 4 rings (SSSR count). The number of nitrogens with one attached hydrogen (secondary N) is 1. The third-order valence-electron chi connectivity index (χ3n) is 4.98. The number of ether oxygens (including phenoxy) is 1. The number of pyridine rings is 2. The number of thiocarbonyl (C=S) groups is 1. The number of halogens is 1. The number of carbonyl (C=O) groups excluding carboxylic acids is 1. The molecule has 1 aromatic carbocycles. The molecule has 1 saturated heterocycles. The van der Waals surface area contributed by atoms with Crippen molar-refractivity contribution in [3.05, 3.63) is 78.0 Å². The molecule has 1 amide bonds. The van der Waals surface area contributed by atoms with Gasteiger partial charge in [-0.25, -0.2) is 4.98 Å². The van der Waals surface area contributed by atoms with Gasteiger partial charge in [0.15, 0.2) is 10.7 Å². The molecule has 1 aliphatic heterocycles. The zero-order chi connectivity index (χ0) is 20.6. The molecule has 0 radical (unpaired) electrons. The molecule has 146 valence electrons. The predicted molar refractivity (Wildman–Crippen MR) is 110 cm³/mol. The molecule has 0 aliphatic carbocycles. The molecule has 2 aromatic heterocycles. The first-order valence-corrected chi connectivity index (χ1v) is 9.20. The number of aromatic nitrogens is 2. The molecule has 3 aromatic rings. The summed E-state index contributed by atoms with van der Waals surface area (Å²) in [5.74, 6) is -0.205. The highest BCUT2D eigenvalue weighted by atomic mass is 32.1. The van der Waals surface area contributed by atoms with Gasteiger partial charge in [-0.1, -0.05) is 12.1 Å². The van der Waals surface area contributed by atoms with E-state index in [9.17, 15) is 9.18 Å². The number of benzene rings is 1. The molecule has 29 heavy (non-hydrogen) atoms. The van der Waals surface area contributed by atoms with Crippen molar-refractivity contribution in [2.24, 2.45) is 0 Å². The summed E-state index contributed by atoms with van der Waals surface area (Å²) >= 11 is 5.35. The summed E-state index contributed by atoms with van der Waals surface area (Å²) in [7, 11) is 3.19. The second-order valence-electron chi connectivity index (χ2n) is 6.54. The Morgan fingerprint density at radius 3 is 2.48 bits per heavy atom. The Hall–Kier alpha value is -3.39. The number of nitrogens with zero attached hydrogens (tertiary/aromatic N) is 3. The third-order valence-corrected chi connectivity index (χ3v) is 5.35. The maximum absolute atomic E-state index is 14.2. The SMILES string of the molecule is COc1ccc(C2(c3ccnc(-c4cccnc4F)c3)NC(=S)N(C)C2=O)cc1. The van der Waals surface area contributed by atoms with Gasteiger partial charge in [-0.3, -0.25) is 14.7 Å². The molecule has 1 N–H and O–H groups in total. The van der Waals surface area contributed by atoms with Crippen molar-refractivity contribution in [2.75, 3.05) is 14.2 Å². The summed E-state index contributed by atoms with van der Waals surface area (Å²) in [5, 5.41) is 3.46. The number of carbonyl (C=O) groups is 1. The van der Waals surface area contributed by atoms with Gasteiger partial charge in [0.1, 0.15) is 5.75 Å². The molecule has 0 saturated carbocycles. The van der Waals surface area contributed by atoms with Crippen LogP contribution in [0.4, 0.5) is 4.39 Å². The van der Waals surface area contributed by atoms with Crippen LogP contribution >= 0.6 is 12.2 Å². The summed E-state index contributed by atoms with van der Waals surface area (Å²) in [5.41, 5.74) is 0.636. The maximum Gasteiger partial charge on any atom is 0.263 e. The number of likely N-dealkylation sites (N-methyl/N-ethyl adjacent to an activating group) is 1. The van der Waals surface area contributed by atoms with E-state index in [0.717, 1.165) is 0 Å².